The van der Waals surface area contributed by atoms with E-state index in [2.05, 4.69) is 54.6 Å². The molecule has 6 heteroatoms. The molecule has 0 bridgehead atoms. The Morgan fingerprint density at radius 3 is 2.21 bits per heavy atom. The van der Waals surface area contributed by atoms with Gasteiger partial charge in [-0.05, 0) is 32.3 Å². The van der Waals surface area contributed by atoms with E-state index in [1.807, 2.05) is 0 Å². The van der Waals surface area contributed by atoms with Gasteiger partial charge in [-0.2, -0.15) is 0 Å². The zero-order valence-electron chi connectivity index (χ0n) is 15.5. The second-order valence-corrected chi connectivity index (χ2v) is 6.05. The van der Waals surface area contributed by atoms with E-state index in [0.717, 1.165) is 25.9 Å². The first-order chi connectivity index (χ1) is 10.9. The molecule has 0 saturated heterocycles. The van der Waals surface area contributed by atoms with E-state index >= 15 is 0 Å². The van der Waals surface area contributed by atoms with E-state index in [0.29, 0.717) is 5.96 Å². The number of amides is 1. The Morgan fingerprint density at radius 1 is 1.08 bits per heavy atom. The SMILES string of the molecule is CCCNC(=NCC(=O)N(C)C)NCCc1cc(C)cc(C)c1.I. The summed E-state index contributed by atoms with van der Waals surface area (Å²) in [5.74, 6) is 0.698. The Kier molecular flexibility index (Phi) is 11.4. The number of aryl methyl sites for hydroxylation is 2. The van der Waals surface area contributed by atoms with Crippen LogP contribution in [0.2, 0.25) is 0 Å². The smallest absolute Gasteiger partial charge is 0.243 e. The van der Waals surface area contributed by atoms with E-state index < -0.39 is 0 Å². The van der Waals surface area contributed by atoms with Crippen molar-refractivity contribution in [1.29, 1.82) is 0 Å². The number of carbonyl (C=O) groups is 1. The molecular weight excluding hydrogens is 415 g/mol. The van der Waals surface area contributed by atoms with Crippen molar-refractivity contribution >= 4 is 35.8 Å². The summed E-state index contributed by atoms with van der Waals surface area (Å²) >= 11 is 0. The van der Waals surface area contributed by atoms with Crippen LogP contribution in [0, 0.1) is 13.8 Å². The molecule has 1 aromatic carbocycles. The van der Waals surface area contributed by atoms with Crippen LogP contribution in [0.1, 0.15) is 30.0 Å². The summed E-state index contributed by atoms with van der Waals surface area (Å²) in [5, 5.41) is 6.55. The summed E-state index contributed by atoms with van der Waals surface area (Å²) in [6.45, 7) is 8.12. The molecule has 2 N–H and O–H groups in total. The highest BCUT2D eigenvalue weighted by molar-refractivity contribution is 14.0. The van der Waals surface area contributed by atoms with Gasteiger partial charge in [0.25, 0.3) is 0 Å². The van der Waals surface area contributed by atoms with Crippen LogP contribution in [0.5, 0.6) is 0 Å². The molecule has 0 aliphatic carbocycles. The van der Waals surface area contributed by atoms with Gasteiger partial charge in [0.2, 0.25) is 5.91 Å². The number of carbonyl (C=O) groups excluding carboxylic acids is 1. The zero-order valence-corrected chi connectivity index (χ0v) is 17.8. The number of nitrogens with one attached hydrogen (secondary N) is 2. The van der Waals surface area contributed by atoms with Crippen molar-refractivity contribution in [2.45, 2.75) is 33.6 Å². The summed E-state index contributed by atoms with van der Waals surface area (Å²) < 4.78 is 0. The molecule has 0 heterocycles. The lowest BCUT2D eigenvalue weighted by Crippen LogP contribution is -2.39. The number of likely N-dealkylation sites (N-methyl/N-ethyl adjacent to an activating group) is 1. The molecule has 0 fully saturated rings. The summed E-state index contributed by atoms with van der Waals surface area (Å²) in [6, 6.07) is 6.60. The van der Waals surface area contributed by atoms with Crippen LogP contribution < -0.4 is 10.6 Å². The van der Waals surface area contributed by atoms with Gasteiger partial charge < -0.3 is 15.5 Å². The zero-order chi connectivity index (χ0) is 17.2. The minimum absolute atomic E-state index is 0. The van der Waals surface area contributed by atoms with Gasteiger partial charge in [-0.15, -0.1) is 24.0 Å². The topological polar surface area (TPSA) is 56.7 Å². The number of halogens is 1. The Bertz CT molecular complexity index is 524. The number of benzene rings is 1. The van der Waals surface area contributed by atoms with Crippen molar-refractivity contribution in [3.63, 3.8) is 0 Å². The van der Waals surface area contributed by atoms with Crippen LogP contribution >= 0.6 is 24.0 Å². The largest absolute Gasteiger partial charge is 0.356 e. The molecule has 0 spiro atoms. The minimum atomic E-state index is -0.00286. The fourth-order valence-electron chi connectivity index (χ4n) is 2.24. The molecule has 0 radical (unpaired) electrons. The predicted molar refractivity (Wildman–Crippen MR) is 112 cm³/mol. The molecule has 0 aromatic heterocycles. The van der Waals surface area contributed by atoms with Crippen LogP contribution in [-0.4, -0.2) is 50.5 Å². The standard InChI is InChI=1S/C18H30N4O.HI/c1-6-8-19-18(21-13-17(23)22(4)5)20-9-7-16-11-14(2)10-15(3)12-16;/h10-12H,6-9,13H2,1-5H3,(H2,19,20,21);1H. The Labute approximate surface area is 163 Å². The van der Waals surface area contributed by atoms with Gasteiger partial charge in [0, 0.05) is 27.2 Å². The maximum atomic E-state index is 11.7. The normalized spacial score (nSPS) is 10.8. The predicted octanol–water partition coefficient (Wildman–Crippen LogP) is 2.50. The van der Waals surface area contributed by atoms with Crippen LogP contribution in [0.3, 0.4) is 0 Å². The van der Waals surface area contributed by atoms with E-state index in [1.54, 1.807) is 19.0 Å². The first-order valence-electron chi connectivity index (χ1n) is 8.22. The highest BCUT2D eigenvalue weighted by atomic mass is 127. The molecule has 1 amide bonds. The van der Waals surface area contributed by atoms with Crippen LogP contribution in [0.15, 0.2) is 23.2 Å². The Balaban J connectivity index is 0.00000529. The first-order valence-corrected chi connectivity index (χ1v) is 8.22. The van der Waals surface area contributed by atoms with Crippen molar-refractivity contribution in [3.05, 3.63) is 34.9 Å². The lowest BCUT2D eigenvalue weighted by molar-refractivity contribution is -0.127. The number of guanidine groups is 1. The molecule has 0 saturated carbocycles. The second-order valence-electron chi connectivity index (χ2n) is 6.05. The maximum Gasteiger partial charge on any atom is 0.243 e. The number of nitrogens with zero attached hydrogens (tertiary/aromatic N) is 2. The van der Waals surface area contributed by atoms with Gasteiger partial charge in [-0.3, -0.25) is 4.79 Å². The molecule has 0 aliphatic rings. The molecule has 1 rings (SSSR count). The summed E-state index contributed by atoms with van der Waals surface area (Å²) in [4.78, 5) is 17.6. The summed E-state index contributed by atoms with van der Waals surface area (Å²) in [5.41, 5.74) is 3.89. The van der Waals surface area contributed by atoms with Crippen molar-refractivity contribution < 1.29 is 4.79 Å². The molecule has 0 atom stereocenters. The quantitative estimate of drug-likeness (QED) is 0.385. The monoisotopic (exact) mass is 446 g/mol. The first kappa shape index (κ1) is 22.7. The van der Waals surface area contributed by atoms with Crippen LogP contribution in [-0.2, 0) is 11.2 Å². The van der Waals surface area contributed by atoms with Crippen molar-refractivity contribution in [3.8, 4) is 0 Å². The van der Waals surface area contributed by atoms with Crippen molar-refractivity contribution in [2.75, 3.05) is 33.7 Å². The highest BCUT2D eigenvalue weighted by Crippen LogP contribution is 2.08. The highest BCUT2D eigenvalue weighted by Gasteiger charge is 2.04. The van der Waals surface area contributed by atoms with Gasteiger partial charge in [0.1, 0.15) is 6.54 Å². The van der Waals surface area contributed by atoms with E-state index in [-0.39, 0.29) is 36.4 Å². The Morgan fingerprint density at radius 2 is 1.67 bits per heavy atom. The molecular formula is C18H31IN4O. The minimum Gasteiger partial charge on any atom is -0.356 e. The molecule has 136 valence electrons. The van der Waals surface area contributed by atoms with E-state index in [4.69, 9.17) is 0 Å². The summed E-state index contributed by atoms with van der Waals surface area (Å²) in [7, 11) is 3.48. The van der Waals surface area contributed by atoms with Gasteiger partial charge in [-0.1, -0.05) is 36.2 Å². The third-order valence-corrected chi connectivity index (χ3v) is 3.40. The molecule has 24 heavy (non-hydrogen) atoms. The van der Waals surface area contributed by atoms with Crippen molar-refractivity contribution in [2.24, 2.45) is 4.99 Å². The second kappa shape index (κ2) is 12.1. The maximum absolute atomic E-state index is 11.7. The number of hydrogen-bond donors (Lipinski definition) is 2. The lowest BCUT2D eigenvalue weighted by Gasteiger charge is -2.13. The molecule has 0 unspecified atom stereocenters. The summed E-state index contributed by atoms with van der Waals surface area (Å²) in [6.07, 6.45) is 1.94. The van der Waals surface area contributed by atoms with Crippen LogP contribution in [0.4, 0.5) is 0 Å². The van der Waals surface area contributed by atoms with Gasteiger partial charge in [0.15, 0.2) is 5.96 Å². The Hall–Kier alpha value is -1.31. The van der Waals surface area contributed by atoms with E-state index in [1.165, 1.54) is 16.7 Å². The number of rotatable bonds is 7. The van der Waals surface area contributed by atoms with Gasteiger partial charge in [-0.25, -0.2) is 4.99 Å². The van der Waals surface area contributed by atoms with Gasteiger partial charge in [0.05, 0.1) is 0 Å². The number of hydrogen-bond acceptors (Lipinski definition) is 2. The fourth-order valence-corrected chi connectivity index (χ4v) is 2.24. The molecule has 5 nitrogen and oxygen atoms in total. The molecule has 0 aliphatic heterocycles. The van der Waals surface area contributed by atoms with E-state index in [9.17, 15) is 4.79 Å². The third kappa shape index (κ3) is 9.10. The lowest BCUT2D eigenvalue weighted by atomic mass is 10.1. The third-order valence-electron chi connectivity index (χ3n) is 3.40. The average Bonchev–Trinajstić information content (AvgIpc) is 2.48. The number of aliphatic imine (C=N–C) groups is 1. The van der Waals surface area contributed by atoms with Crippen LogP contribution in [0.25, 0.3) is 0 Å². The van der Waals surface area contributed by atoms with Gasteiger partial charge >= 0.3 is 0 Å². The average molecular weight is 446 g/mol. The molecule has 1 aromatic rings. The van der Waals surface area contributed by atoms with Crippen molar-refractivity contribution in [1.82, 2.24) is 15.5 Å². The fraction of sp³-hybridized carbons (Fsp3) is 0.556.